The van der Waals surface area contributed by atoms with E-state index in [1.54, 1.807) is 16.8 Å². The molecule has 6 heterocycles. The molecule has 8 atom stereocenters. The van der Waals surface area contributed by atoms with Crippen LogP contribution in [0.3, 0.4) is 0 Å². The normalized spacial score (nSPS) is 27.7. The van der Waals surface area contributed by atoms with E-state index in [-0.39, 0.29) is 43.2 Å². The Labute approximate surface area is 252 Å². The first-order chi connectivity index (χ1) is 20.5. The summed E-state index contributed by atoms with van der Waals surface area (Å²) in [6.07, 6.45) is -1.65. The quantitative estimate of drug-likeness (QED) is 0.0974. The Morgan fingerprint density at radius 2 is 2.07 bits per heavy atom. The lowest BCUT2D eigenvalue weighted by atomic mass is 10.2. The van der Waals surface area contributed by atoms with Gasteiger partial charge in [0, 0.05) is 19.0 Å². The van der Waals surface area contributed by atoms with Gasteiger partial charge in [-0.2, -0.15) is 9.67 Å². The lowest BCUT2D eigenvalue weighted by molar-refractivity contribution is -0.0578. The fourth-order valence-electron chi connectivity index (χ4n) is 5.01. The number of aliphatic hydroxyl groups is 1. The number of anilines is 2. The fourth-order valence-corrected chi connectivity index (χ4v) is 7.27. The van der Waals surface area contributed by atoms with Crippen molar-refractivity contribution in [3.63, 3.8) is 0 Å². The predicted molar refractivity (Wildman–Crippen MR) is 155 cm³/mol. The largest absolute Gasteiger partial charge is 0.582 e. The number of rotatable bonds is 10. The topological polar surface area (TPSA) is 263 Å². The molecule has 6 rings (SSSR count). The van der Waals surface area contributed by atoms with Crippen molar-refractivity contribution >= 4 is 72.0 Å². The van der Waals surface area contributed by atoms with Crippen LogP contribution in [-0.2, 0) is 39.4 Å². The number of nitrogens with one attached hydrogen (secondary N) is 1. The number of aromatic nitrogens is 8. The summed E-state index contributed by atoms with van der Waals surface area (Å²) in [5.41, 5.74) is 11.4. The summed E-state index contributed by atoms with van der Waals surface area (Å²) in [6.45, 7) is -4.69. The highest BCUT2D eigenvalue weighted by molar-refractivity contribution is 8.39. The molecule has 0 radical (unpaired) electrons. The lowest BCUT2D eigenvalue weighted by Crippen LogP contribution is -2.28. The number of aromatic amines is 1. The van der Waals surface area contributed by atoms with Gasteiger partial charge in [-0.1, -0.05) is 5.21 Å². The molecule has 0 saturated carbocycles. The second-order valence-electron chi connectivity index (χ2n) is 9.60. The zero-order valence-corrected chi connectivity index (χ0v) is 25.3. The van der Waals surface area contributed by atoms with Crippen molar-refractivity contribution in [3.8, 4) is 0 Å². The highest BCUT2D eigenvalue weighted by Gasteiger charge is 2.45. The zero-order chi connectivity index (χ0) is 30.5. The molecule has 0 bridgehead atoms. The number of nitrogens with zero attached hydrogens (tertiary/aromatic N) is 7. The maximum absolute atomic E-state index is 12.2. The number of fused-ring (bicyclic) bond motifs is 2. The minimum absolute atomic E-state index is 0.00131. The summed E-state index contributed by atoms with van der Waals surface area (Å²) in [4.78, 5) is 37.9. The maximum atomic E-state index is 12.2. The number of hydrogen-bond donors (Lipinski definition) is 6. The van der Waals surface area contributed by atoms with Gasteiger partial charge < -0.3 is 44.6 Å². The molecule has 0 spiro atoms. The Balaban J connectivity index is 1.18. The first-order valence-corrected chi connectivity index (χ1v) is 17.5. The second-order valence-corrected chi connectivity index (χ2v) is 14.1. The molecule has 2 aliphatic heterocycles. The Bertz CT molecular complexity index is 1790. The van der Waals surface area contributed by atoms with E-state index in [1.165, 1.54) is 6.33 Å². The van der Waals surface area contributed by atoms with Gasteiger partial charge in [-0.25, -0.2) is 9.97 Å². The Kier molecular flexibility index (Phi) is 8.48. The van der Waals surface area contributed by atoms with Crippen molar-refractivity contribution in [2.75, 3.05) is 24.7 Å². The van der Waals surface area contributed by atoms with Crippen LogP contribution in [0.5, 0.6) is 0 Å². The monoisotopic (exact) mass is 675 g/mol. The van der Waals surface area contributed by atoms with E-state index in [0.29, 0.717) is 16.9 Å². The zero-order valence-electron chi connectivity index (χ0n) is 21.8. The lowest BCUT2D eigenvalue weighted by Gasteiger charge is -2.25. The maximum Gasteiger partial charge on any atom is 0.582 e. The van der Waals surface area contributed by atoms with Gasteiger partial charge in [0.15, 0.2) is 17.4 Å². The third-order valence-electron chi connectivity index (χ3n) is 6.87. The van der Waals surface area contributed by atoms with Gasteiger partial charge in [0.25, 0.3) is 5.56 Å². The minimum Gasteiger partial charge on any atom is -0.394 e. The van der Waals surface area contributed by atoms with Gasteiger partial charge in [0.2, 0.25) is 5.95 Å². The van der Waals surface area contributed by atoms with Crippen molar-refractivity contribution in [1.29, 1.82) is 0 Å². The van der Waals surface area contributed by atoms with Crippen LogP contribution < -0.4 is 17.0 Å². The predicted octanol–water partition coefficient (Wildman–Crippen LogP) is 0.282. The number of ether oxygens (including phenoxy) is 2. The van der Waals surface area contributed by atoms with Gasteiger partial charge >= 0.3 is 13.9 Å². The Morgan fingerprint density at radius 3 is 2.84 bits per heavy atom. The molecule has 2 fully saturated rings. The van der Waals surface area contributed by atoms with Gasteiger partial charge in [-0.05, 0) is 22.4 Å². The summed E-state index contributed by atoms with van der Waals surface area (Å²) in [7, 11) is -2.31. The first kappa shape index (κ1) is 30.4. The summed E-state index contributed by atoms with van der Waals surface area (Å²) in [5, 5.41) is 18.1. The van der Waals surface area contributed by atoms with Crippen LogP contribution in [0, 0.1) is 0 Å². The Hall–Kier alpha value is -2.68. The van der Waals surface area contributed by atoms with Crippen LogP contribution in [-0.4, -0.2) is 87.1 Å². The van der Waals surface area contributed by atoms with E-state index < -0.39 is 56.4 Å². The molecule has 43 heavy (non-hydrogen) atoms. The summed E-state index contributed by atoms with van der Waals surface area (Å²) in [6, 6.07) is 1.74. The number of nitrogens with two attached hydrogens (primary N) is 2. The number of hydrogen-bond acceptors (Lipinski definition) is 16. The van der Waals surface area contributed by atoms with Crippen LogP contribution >= 0.6 is 26.2 Å². The third kappa shape index (κ3) is 6.16. The fraction of sp³-hybridized carbons (Fsp3) is 0.500. The van der Waals surface area contributed by atoms with E-state index >= 15 is 0 Å². The van der Waals surface area contributed by atoms with E-state index in [2.05, 4.69) is 42.5 Å². The molecule has 23 heteroatoms. The molecular formula is C20H25N10O9P2S2+. The molecule has 0 amide bonds. The van der Waals surface area contributed by atoms with Crippen molar-refractivity contribution in [3.05, 3.63) is 28.9 Å². The van der Waals surface area contributed by atoms with Gasteiger partial charge in [0.1, 0.15) is 54.6 Å². The number of H-pyrrole nitrogens is 1. The third-order valence-corrected chi connectivity index (χ3v) is 9.19. The summed E-state index contributed by atoms with van der Waals surface area (Å²) < 4.78 is 43.6. The van der Waals surface area contributed by atoms with Crippen LogP contribution in [0.2, 0.25) is 0 Å². The summed E-state index contributed by atoms with van der Waals surface area (Å²) in [5.74, 6) is 0.123. The molecule has 19 nitrogen and oxygen atoms in total. The van der Waals surface area contributed by atoms with Crippen molar-refractivity contribution in [1.82, 2.24) is 39.5 Å². The van der Waals surface area contributed by atoms with E-state index in [9.17, 15) is 19.4 Å². The average Bonchev–Trinajstić information content (AvgIpc) is 3.72. The highest BCUT2D eigenvalue weighted by Crippen LogP contribution is 2.50. The molecule has 0 aromatic carbocycles. The molecule has 2 saturated heterocycles. The molecule has 2 aliphatic rings. The molecule has 230 valence electrons. The minimum atomic E-state index is -4.01. The highest BCUT2D eigenvalue weighted by atomic mass is 32.7. The standard InChI is InChI=1S/C20H24N10O9P2S2/c21-15-9-1-2-29(16(9)24-7-23-15)13-4-10(38-40(33)42)12(37-13)6-35-41(34,43)39-11-3-8(5-31)36-19(11)30-17-14(27-28-30)18(32)26-20(22)25-17/h1-2,7-8,10-13,19,31H,3-6H2,(H6-,21,22,23,24,25,26,28,32,33,34,42,43)/p+1/t8-,10-,11+,12+,13+,19+,41?/m0/s1. The average molecular weight is 676 g/mol. The van der Waals surface area contributed by atoms with E-state index in [0.717, 1.165) is 4.68 Å². The summed E-state index contributed by atoms with van der Waals surface area (Å²) >= 11 is 9.15. The van der Waals surface area contributed by atoms with Gasteiger partial charge in [0.05, 0.1) is 24.7 Å². The van der Waals surface area contributed by atoms with Gasteiger partial charge in [-0.3, -0.25) is 9.78 Å². The molecule has 7 N–H and O–H groups in total. The van der Waals surface area contributed by atoms with Crippen LogP contribution in [0.1, 0.15) is 25.3 Å². The van der Waals surface area contributed by atoms with Crippen molar-refractivity contribution in [2.24, 2.45) is 0 Å². The first-order valence-electron chi connectivity index (χ1n) is 12.6. The van der Waals surface area contributed by atoms with Crippen LogP contribution in [0.4, 0.5) is 11.8 Å². The van der Waals surface area contributed by atoms with E-state index in [4.69, 9.17) is 46.3 Å². The number of thiol groups is 1. The molecule has 2 unspecified atom stereocenters. The molecule has 0 aliphatic carbocycles. The van der Waals surface area contributed by atoms with Crippen LogP contribution in [0.15, 0.2) is 23.4 Å². The molecule has 4 aromatic heterocycles. The van der Waals surface area contributed by atoms with E-state index in [1.807, 2.05) is 0 Å². The van der Waals surface area contributed by atoms with Gasteiger partial charge in [-0.15, -0.1) is 9.62 Å². The van der Waals surface area contributed by atoms with Crippen LogP contribution in [0.25, 0.3) is 22.2 Å². The number of nitrogen functional groups attached to an aromatic ring is 2. The molecule has 4 aromatic rings. The van der Waals surface area contributed by atoms with Crippen molar-refractivity contribution in [2.45, 2.75) is 49.7 Å². The molecular weight excluding hydrogens is 650 g/mol. The smallest absolute Gasteiger partial charge is 0.394 e. The van der Waals surface area contributed by atoms with Crippen molar-refractivity contribution < 1.29 is 37.6 Å². The second kappa shape index (κ2) is 12.0. The number of aliphatic hydroxyl groups excluding tert-OH is 1. The SMILES string of the molecule is Nc1nc2c(nnn2[C@@H]2O[C@H](CO)C[C@H]2OP(O)(=S)OC[C@H]2O[C@@H](n3ccc4c(N)ncnc43)C[C@@H]2O[P+](=O)S)c(=O)[nH]1. The Morgan fingerprint density at radius 1 is 1.26 bits per heavy atom.